The van der Waals surface area contributed by atoms with Crippen molar-refractivity contribution in [2.24, 2.45) is 0 Å². The van der Waals surface area contributed by atoms with Crippen molar-refractivity contribution in [3.63, 3.8) is 0 Å². The maximum atomic E-state index is 4.80. The van der Waals surface area contributed by atoms with Crippen molar-refractivity contribution >= 4 is 23.5 Å². The Bertz CT molecular complexity index is 1070. The third-order valence-electron chi connectivity index (χ3n) is 4.32. The van der Waals surface area contributed by atoms with E-state index in [4.69, 9.17) is 9.97 Å². The number of thioether (sulfide) groups is 2. The number of pyridine rings is 4. The average Bonchev–Trinajstić information content (AvgIpc) is 2.74. The molecule has 4 rings (SSSR count). The molecule has 4 heterocycles. The van der Waals surface area contributed by atoms with E-state index in [0.717, 1.165) is 44.2 Å². The summed E-state index contributed by atoms with van der Waals surface area (Å²) in [4.78, 5) is 18.8. The largest absolute Gasteiger partial charge is 0.251 e. The van der Waals surface area contributed by atoms with Gasteiger partial charge in [0.05, 0.1) is 37.4 Å². The molecule has 0 atom stereocenters. The van der Waals surface area contributed by atoms with Gasteiger partial charge in [-0.15, -0.1) is 0 Å². The fourth-order valence-electron chi connectivity index (χ4n) is 2.98. The number of hydrogen-bond acceptors (Lipinski definition) is 6. The first-order valence-electron chi connectivity index (χ1n) is 9.72. The Morgan fingerprint density at radius 2 is 0.900 bits per heavy atom. The molecule has 0 saturated carbocycles. The predicted molar refractivity (Wildman–Crippen MR) is 126 cm³/mol. The van der Waals surface area contributed by atoms with Gasteiger partial charge < -0.3 is 0 Å². The van der Waals surface area contributed by atoms with Gasteiger partial charge in [0, 0.05) is 11.4 Å². The molecule has 0 aromatic carbocycles. The van der Waals surface area contributed by atoms with E-state index in [9.17, 15) is 0 Å². The Hall–Kier alpha value is -2.70. The molecule has 0 aliphatic heterocycles. The minimum absolute atomic E-state index is 0.256. The zero-order valence-electron chi connectivity index (χ0n) is 17.1. The lowest BCUT2D eigenvalue weighted by atomic mass is 10.2. The topological polar surface area (TPSA) is 51.6 Å². The van der Waals surface area contributed by atoms with Crippen LogP contribution in [0.2, 0.25) is 0 Å². The second kappa shape index (κ2) is 9.41. The molecule has 4 aromatic heterocycles. The van der Waals surface area contributed by atoms with Crippen LogP contribution in [0.4, 0.5) is 0 Å². The van der Waals surface area contributed by atoms with Crippen LogP contribution in [0.25, 0.3) is 22.8 Å². The molecule has 6 heteroatoms. The fourth-order valence-corrected chi connectivity index (χ4v) is 5.06. The van der Waals surface area contributed by atoms with E-state index < -0.39 is 0 Å². The first-order chi connectivity index (χ1) is 14.6. The summed E-state index contributed by atoms with van der Waals surface area (Å²) in [6.07, 6.45) is 0. The molecular formula is C24H22N4S2. The Labute approximate surface area is 185 Å². The lowest BCUT2D eigenvalue weighted by Gasteiger charge is -2.11. The highest BCUT2D eigenvalue weighted by atomic mass is 32.2. The van der Waals surface area contributed by atoms with Crippen LogP contribution in [0.3, 0.4) is 0 Å². The van der Waals surface area contributed by atoms with Crippen LogP contribution in [0.1, 0.15) is 18.3 Å². The predicted octanol–water partition coefficient (Wildman–Crippen LogP) is 6.45. The highest BCUT2D eigenvalue weighted by molar-refractivity contribution is 8.16. The normalized spacial score (nSPS) is 11.1. The Morgan fingerprint density at radius 1 is 0.533 bits per heavy atom. The van der Waals surface area contributed by atoms with Gasteiger partial charge in [0.25, 0.3) is 0 Å². The number of nitrogens with zero attached hydrogens (tertiary/aromatic N) is 4. The van der Waals surface area contributed by atoms with E-state index in [2.05, 4.69) is 16.9 Å². The molecule has 0 radical (unpaired) electrons. The summed E-state index contributed by atoms with van der Waals surface area (Å²) in [5.74, 6) is 0. The average molecular weight is 431 g/mol. The maximum absolute atomic E-state index is 4.80. The van der Waals surface area contributed by atoms with Crippen molar-refractivity contribution in [1.29, 1.82) is 0 Å². The van der Waals surface area contributed by atoms with Crippen LogP contribution in [-0.4, -0.2) is 24.5 Å². The Kier molecular flexibility index (Phi) is 6.45. The number of aromatic nitrogens is 4. The molecule has 0 unspecified atom stereocenters. The molecule has 0 saturated heterocycles. The summed E-state index contributed by atoms with van der Waals surface area (Å²) in [6, 6.07) is 24.2. The molecule has 0 bridgehead atoms. The van der Waals surface area contributed by atoms with Crippen molar-refractivity contribution in [1.82, 2.24) is 19.9 Å². The molecule has 0 aliphatic rings. The van der Waals surface area contributed by atoms with Gasteiger partial charge in [-0.25, -0.2) is 9.97 Å². The zero-order valence-corrected chi connectivity index (χ0v) is 18.7. The third kappa shape index (κ3) is 5.26. The quantitative estimate of drug-likeness (QED) is 0.259. The highest BCUT2D eigenvalue weighted by Gasteiger charge is 2.11. The van der Waals surface area contributed by atoms with Crippen molar-refractivity contribution in [3.8, 4) is 22.8 Å². The smallest absolute Gasteiger partial charge is 0.0978 e. The SMILES string of the molecule is Cc1cccc(-c2cccc(SC(C)Sc3cccc(-c4cccc(C)n4)n3)n2)n1. The summed E-state index contributed by atoms with van der Waals surface area (Å²) in [5.41, 5.74) is 5.57. The number of rotatable bonds is 6. The molecule has 0 fully saturated rings. The van der Waals surface area contributed by atoms with E-state index >= 15 is 0 Å². The first kappa shape index (κ1) is 20.6. The molecule has 0 N–H and O–H groups in total. The van der Waals surface area contributed by atoms with Gasteiger partial charge in [0.2, 0.25) is 0 Å². The van der Waals surface area contributed by atoms with Crippen molar-refractivity contribution in [2.75, 3.05) is 0 Å². The number of aryl methyl sites for hydroxylation is 2. The Morgan fingerprint density at radius 3 is 1.30 bits per heavy atom. The molecule has 4 aromatic rings. The van der Waals surface area contributed by atoms with Crippen LogP contribution >= 0.6 is 23.5 Å². The summed E-state index contributed by atoms with van der Waals surface area (Å²) >= 11 is 3.45. The second-order valence-electron chi connectivity index (χ2n) is 6.85. The van der Waals surface area contributed by atoms with Crippen molar-refractivity contribution in [3.05, 3.63) is 84.2 Å². The maximum Gasteiger partial charge on any atom is 0.0978 e. The zero-order chi connectivity index (χ0) is 20.9. The van der Waals surface area contributed by atoms with Crippen LogP contribution in [0.5, 0.6) is 0 Å². The van der Waals surface area contributed by atoms with Crippen molar-refractivity contribution < 1.29 is 0 Å². The monoisotopic (exact) mass is 430 g/mol. The van der Waals surface area contributed by atoms with Gasteiger partial charge in [0.1, 0.15) is 0 Å². The van der Waals surface area contributed by atoms with Gasteiger partial charge in [-0.05, 0) is 69.3 Å². The van der Waals surface area contributed by atoms with Crippen molar-refractivity contribution in [2.45, 2.75) is 35.4 Å². The van der Waals surface area contributed by atoms with Crippen LogP contribution in [-0.2, 0) is 0 Å². The van der Waals surface area contributed by atoms with Crippen LogP contribution in [0, 0.1) is 13.8 Å². The molecule has 4 nitrogen and oxygen atoms in total. The van der Waals surface area contributed by atoms with Crippen LogP contribution < -0.4 is 0 Å². The second-order valence-corrected chi connectivity index (χ2v) is 9.87. The van der Waals surface area contributed by atoms with E-state index in [1.54, 1.807) is 23.5 Å². The molecule has 0 amide bonds. The number of hydrogen-bond donors (Lipinski definition) is 0. The van der Waals surface area contributed by atoms with Gasteiger partial charge in [0.15, 0.2) is 0 Å². The van der Waals surface area contributed by atoms with Crippen LogP contribution in [0.15, 0.2) is 82.8 Å². The minimum atomic E-state index is 0.256. The third-order valence-corrected chi connectivity index (χ3v) is 6.50. The van der Waals surface area contributed by atoms with Gasteiger partial charge >= 0.3 is 0 Å². The summed E-state index contributed by atoms with van der Waals surface area (Å²) < 4.78 is 0.256. The molecular weight excluding hydrogens is 408 g/mol. The fraction of sp³-hybridized carbons (Fsp3) is 0.167. The Balaban J connectivity index is 1.47. The van der Waals surface area contributed by atoms with E-state index in [-0.39, 0.29) is 4.58 Å². The minimum Gasteiger partial charge on any atom is -0.251 e. The standard InChI is InChI=1S/C24H22N4S2/c1-16-8-4-10-19(25-16)21-12-6-14-23(27-21)29-18(3)30-24-15-7-13-22(28-24)20-11-5-9-17(2)26-20/h4-15,18H,1-3H3. The first-order valence-corrected chi connectivity index (χ1v) is 11.5. The molecule has 0 aliphatic carbocycles. The lowest BCUT2D eigenvalue weighted by molar-refractivity contribution is 1.10. The lowest BCUT2D eigenvalue weighted by Crippen LogP contribution is -1.96. The van der Waals surface area contributed by atoms with E-state index in [1.807, 2.05) is 86.6 Å². The highest BCUT2D eigenvalue weighted by Crippen LogP contribution is 2.34. The summed E-state index contributed by atoms with van der Waals surface area (Å²) in [7, 11) is 0. The summed E-state index contributed by atoms with van der Waals surface area (Å²) in [5, 5.41) is 1.96. The molecule has 0 spiro atoms. The van der Waals surface area contributed by atoms with E-state index in [1.165, 1.54) is 0 Å². The van der Waals surface area contributed by atoms with Gasteiger partial charge in [-0.1, -0.05) is 47.8 Å². The van der Waals surface area contributed by atoms with E-state index in [0.29, 0.717) is 0 Å². The van der Waals surface area contributed by atoms with Gasteiger partial charge in [-0.2, -0.15) is 0 Å². The van der Waals surface area contributed by atoms with Gasteiger partial charge in [-0.3, -0.25) is 9.97 Å². The summed E-state index contributed by atoms with van der Waals surface area (Å²) in [6.45, 7) is 6.16. The molecule has 150 valence electrons. The molecule has 30 heavy (non-hydrogen) atoms.